The fraction of sp³-hybridized carbons (Fsp3) is 0.519. The van der Waals surface area contributed by atoms with Gasteiger partial charge in [-0.1, -0.05) is 42.5 Å². The molecule has 0 amide bonds. The zero-order chi connectivity index (χ0) is 26.6. The molecule has 0 radical (unpaired) electrons. The number of aliphatic hydroxyl groups is 1. The van der Waals surface area contributed by atoms with Gasteiger partial charge in [0.2, 0.25) is 10.0 Å². The molecule has 202 valence electrons. The molecule has 10 heteroatoms. The first-order valence-corrected chi connectivity index (χ1v) is 14.3. The van der Waals surface area contributed by atoms with Gasteiger partial charge in [0.25, 0.3) is 6.02 Å². The van der Waals surface area contributed by atoms with Gasteiger partial charge in [-0.15, -0.1) is 0 Å². The van der Waals surface area contributed by atoms with Crippen molar-refractivity contribution in [2.45, 2.75) is 43.6 Å². The van der Waals surface area contributed by atoms with Gasteiger partial charge in [0, 0.05) is 44.9 Å². The van der Waals surface area contributed by atoms with Crippen LogP contribution in [-0.2, 0) is 21.2 Å². The normalized spacial score (nSPS) is 23.8. The van der Waals surface area contributed by atoms with Gasteiger partial charge in [0.15, 0.2) is 0 Å². The molecule has 2 aliphatic rings. The van der Waals surface area contributed by atoms with Crippen LogP contribution in [0.4, 0.5) is 4.39 Å². The van der Waals surface area contributed by atoms with E-state index < -0.39 is 32.7 Å². The number of halogens is 1. The van der Waals surface area contributed by atoms with Crippen molar-refractivity contribution in [2.75, 3.05) is 46.4 Å². The lowest BCUT2D eigenvalue weighted by Gasteiger charge is -2.39. The van der Waals surface area contributed by atoms with Crippen molar-refractivity contribution < 1.29 is 22.7 Å². The van der Waals surface area contributed by atoms with E-state index in [2.05, 4.69) is 26.6 Å². The van der Waals surface area contributed by atoms with Gasteiger partial charge >= 0.3 is 0 Å². The third-order valence-corrected chi connectivity index (χ3v) is 8.99. The maximum Gasteiger partial charge on any atom is 0.299 e. The van der Waals surface area contributed by atoms with Gasteiger partial charge in [-0.05, 0) is 50.9 Å². The first-order valence-electron chi connectivity index (χ1n) is 12.7. The van der Waals surface area contributed by atoms with Crippen LogP contribution in [0, 0.1) is 5.82 Å². The fourth-order valence-corrected chi connectivity index (χ4v) is 6.79. The van der Waals surface area contributed by atoms with Crippen molar-refractivity contribution in [2.24, 2.45) is 4.99 Å². The van der Waals surface area contributed by atoms with Crippen molar-refractivity contribution in [3.8, 4) is 0 Å². The molecular weight excluding hydrogens is 495 g/mol. The van der Waals surface area contributed by atoms with Crippen LogP contribution < -0.4 is 4.72 Å². The summed E-state index contributed by atoms with van der Waals surface area (Å²) < 4.78 is 49.6. The summed E-state index contributed by atoms with van der Waals surface area (Å²) in [5.74, 6) is -0.478. The molecule has 8 nitrogen and oxygen atoms in total. The van der Waals surface area contributed by atoms with Crippen LogP contribution in [0.2, 0.25) is 0 Å². The minimum Gasteiger partial charge on any atom is -0.457 e. The summed E-state index contributed by atoms with van der Waals surface area (Å²) in [5, 5.41) is 8.52. The second-order valence-electron chi connectivity index (χ2n) is 10.4. The van der Waals surface area contributed by atoms with Crippen LogP contribution >= 0.6 is 0 Å². The van der Waals surface area contributed by atoms with Gasteiger partial charge in [-0.3, -0.25) is 0 Å². The Kier molecular flexibility index (Phi) is 8.52. The molecule has 2 aliphatic heterocycles. The predicted octanol–water partition coefficient (Wildman–Crippen LogP) is 2.86. The number of amidine groups is 1. The molecule has 4 rings (SSSR count). The highest BCUT2D eigenvalue weighted by Crippen LogP contribution is 2.39. The Bertz CT molecular complexity index is 1200. The maximum absolute atomic E-state index is 14.4. The van der Waals surface area contributed by atoms with Crippen LogP contribution in [0.3, 0.4) is 0 Å². The van der Waals surface area contributed by atoms with Crippen LogP contribution in [0.25, 0.3) is 0 Å². The zero-order valence-corrected chi connectivity index (χ0v) is 22.5. The molecule has 2 atom stereocenters. The van der Waals surface area contributed by atoms with Gasteiger partial charge in [0.05, 0.1) is 6.04 Å². The van der Waals surface area contributed by atoms with Crippen molar-refractivity contribution in [1.29, 1.82) is 0 Å². The number of aliphatic hydroxyl groups excluding tert-OH is 1. The van der Waals surface area contributed by atoms with E-state index in [4.69, 9.17) is 4.74 Å². The van der Waals surface area contributed by atoms with E-state index >= 15 is 0 Å². The van der Waals surface area contributed by atoms with Gasteiger partial charge in [-0.2, -0.15) is 0 Å². The molecular formula is C27H37FN4O4S. The lowest BCUT2D eigenvalue weighted by Crippen LogP contribution is -2.53. The van der Waals surface area contributed by atoms with Crippen molar-refractivity contribution in [3.63, 3.8) is 0 Å². The average molecular weight is 533 g/mol. The summed E-state index contributed by atoms with van der Waals surface area (Å²) in [6.07, 6.45) is 1.02. The quantitative estimate of drug-likeness (QED) is 0.543. The molecule has 37 heavy (non-hydrogen) atoms. The lowest BCUT2D eigenvalue weighted by atomic mass is 9.96. The minimum absolute atomic E-state index is 0.120. The van der Waals surface area contributed by atoms with Crippen LogP contribution in [0.5, 0.6) is 0 Å². The Morgan fingerprint density at radius 1 is 1.14 bits per heavy atom. The molecule has 2 aromatic carbocycles. The van der Waals surface area contributed by atoms with E-state index in [9.17, 15) is 17.9 Å². The Morgan fingerprint density at radius 3 is 2.43 bits per heavy atom. The minimum atomic E-state index is -3.91. The van der Waals surface area contributed by atoms with E-state index in [-0.39, 0.29) is 24.6 Å². The maximum atomic E-state index is 14.4. The smallest absolute Gasteiger partial charge is 0.299 e. The molecule has 2 heterocycles. The van der Waals surface area contributed by atoms with Crippen molar-refractivity contribution in [3.05, 3.63) is 71.0 Å². The van der Waals surface area contributed by atoms with E-state index in [1.807, 2.05) is 24.3 Å². The molecule has 2 unspecified atom stereocenters. The molecule has 0 spiro atoms. The molecule has 2 N–H and O–H groups in total. The third kappa shape index (κ3) is 6.67. The number of rotatable bonds is 8. The molecule has 2 saturated heterocycles. The number of sulfonamides is 1. The topological polar surface area (TPSA) is 94.5 Å². The zero-order valence-electron chi connectivity index (χ0n) is 21.7. The summed E-state index contributed by atoms with van der Waals surface area (Å²) >= 11 is 0. The number of piperazine rings is 1. The molecule has 0 aliphatic carbocycles. The summed E-state index contributed by atoms with van der Waals surface area (Å²) in [5.41, 5.74) is 0.907. The SMILES string of the molecule is CN1CCN(CCc2ccc(C3C(C)(C)OC(=NC(CCO)c4ccccc4F)NS3(=O)=O)cc2)CC1. The average Bonchev–Trinajstić information content (AvgIpc) is 2.83. The fourth-order valence-electron chi connectivity index (χ4n) is 5.03. The largest absolute Gasteiger partial charge is 0.457 e. The molecule has 0 saturated carbocycles. The highest BCUT2D eigenvalue weighted by molar-refractivity contribution is 7.90. The first-order chi connectivity index (χ1) is 17.6. The number of hydrogen-bond donors (Lipinski definition) is 2. The monoisotopic (exact) mass is 532 g/mol. The lowest BCUT2D eigenvalue weighted by molar-refractivity contribution is 0.0758. The van der Waals surface area contributed by atoms with Crippen molar-refractivity contribution >= 4 is 16.0 Å². The van der Waals surface area contributed by atoms with E-state index in [1.165, 1.54) is 6.07 Å². The number of nitrogens with one attached hydrogen (secondary N) is 1. The number of aliphatic imine (C=N–C) groups is 1. The molecule has 0 aromatic heterocycles. The van der Waals surface area contributed by atoms with Crippen LogP contribution in [-0.4, -0.2) is 81.3 Å². The standard InChI is InChI=1S/C27H37FN4O4S/c1-27(2)25(21-10-8-20(9-11-21)12-14-32-17-15-31(3)16-18-32)37(34,35)30-26(36-27)29-24(13-19-33)22-6-4-5-7-23(22)28/h4-11,24-25,33H,12-19H2,1-3H3,(H,29,30). The van der Waals surface area contributed by atoms with Gasteiger partial charge in [0.1, 0.15) is 16.7 Å². The summed E-state index contributed by atoms with van der Waals surface area (Å²) in [6.45, 7) is 8.42. The molecule has 2 aromatic rings. The van der Waals surface area contributed by atoms with Gasteiger partial charge < -0.3 is 19.6 Å². The Morgan fingerprint density at radius 2 is 1.81 bits per heavy atom. The van der Waals surface area contributed by atoms with E-state index in [1.54, 1.807) is 32.0 Å². The second-order valence-corrected chi connectivity index (χ2v) is 12.1. The van der Waals surface area contributed by atoms with Crippen LogP contribution in [0.15, 0.2) is 53.5 Å². The number of likely N-dealkylation sites (N-methyl/N-ethyl adjacent to an activating group) is 1. The summed E-state index contributed by atoms with van der Waals surface area (Å²) in [6, 6.07) is 12.8. The Hall–Kier alpha value is -2.53. The summed E-state index contributed by atoms with van der Waals surface area (Å²) in [7, 11) is -1.77. The third-order valence-electron chi connectivity index (χ3n) is 7.07. The Labute approximate surface area is 219 Å². The number of ether oxygens (including phenoxy) is 1. The molecule has 2 fully saturated rings. The highest BCUT2D eigenvalue weighted by Gasteiger charge is 2.48. The van der Waals surface area contributed by atoms with E-state index in [0.717, 1.165) is 44.7 Å². The number of hydrogen-bond acceptors (Lipinski definition) is 7. The van der Waals surface area contributed by atoms with Crippen molar-refractivity contribution in [1.82, 2.24) is 14.5 Å². The Balaban J connectivity index is 1.49. The number of benzene rings is 2. The summed E-state index contributed by atoms with van der Waals surface area (Å²) in [4.78, 5) is 9.14. The highest BCUT2D eigenvalue weighted by atomic mass is 32.2. The first kappa shape index (κ1) is 27.5. The van der Waals surface area contributed by atoms with Gasteiger partial charge in [-0.25, -0.2) is 22.5 Å². The molecule has 0 bridgehead atoms. The predicted molar refractivity (Wildman–Crippen MR) is 142 cm³/mol. The van der Waals surface area contributed by atoms with E-state index in [0.29, 0.717) is 5.56 Å². The van der Waals surface area contributed by atoms with Crippen LogP contribution in [0.1, 0.15) is 48.3 Å². The number of nitrogens with zero attached hydrogens (tertiary/aromatic N) is 3. The second kappa shape index (κ2) is 11.5.